The van der Waals surface area contributed by atoms with Crippen molar-refractivity contribution in [3.8, 4) is 0 Å². The molecule has 28 heavy (non-hydrogen) atoms. The smallest absolute Gasteiger partial charge is 0.444 e. The van der Waals surface area contributed by atoms with Crippen LogP contribution in [0.2, 0.25) is 0 Å². The molecule has 10 heteroatoms. The third kappa shape index (κ3) is 5.68. The fourth-order valence-electron chi connectivity index (χ4n) is 2.67. The van der Waals surface area contributed by atoms with Crippen molar-refractivity contribution in [2.45, 2.75) is 84.2 Å². The zero-order chi connectivity index (χ0) is 21.3. The van der Waals surface area contributed by atoms with Gasteiger partial charge in [-0.1, -0.05) is 0 Å². The van der Waals surface area contributed by atoms with Crippen molar-refractivity contribution in [1.29, 1.82) is 0 Å². The highest BCUT2D eigenvalue weighted by Gasteiger charge is 2.40. The van der Waals surface area contributed by atoms with E-state index in [9.17, 15) is 14.9 Å². The quantitative estimate of drug-likeness (QED) is 0.718. The first-order valence-electron chi connectivity index (χ1n) is 9.67. The van der Waals surface area contributed by atoms with Gasteiger partial charge in [-0.05, 0) is 61.3 Å². The van der Waals surface area contributed by atoms with Crippen molar-refractivity contribution < 1.29 is 24.3 Å². The number of carbonyl (C=O) groups excluding carboxylic acids is 1. The predicted octanol–water partition coefficient (Wildman–Crippen LogP) is 1.10. The van der Waals surface area contributed by atoms with Crippen LogP contribution in [0.25, 0.3) is 0 Å². The van der Waals surface area contributed by atoms with E-state index < -0.39 is 23.9 Å². The number of ether oxygens (including phenoxy) is 1. The summed E-state index contributed by atoms with van der Waals surface area (Å²) in [5.41, 5.74) is -2.35. The van der Waals surface area contributed by atoms with E-state index in [0.29, 0.717) is 25.9 Å². The number of hydrogen-bond acceptors (Lipinski definition) is 7. The Labute approximate surface area is 167 Å². The summed E-state index contributed by atoms with van der Waals surface area (Å²) in [7, 11) is -1.29. The first-order chi connectivity index (χ1) is 12.7. The Morgan fingerprint density at radius 3 is 2.25 bits per heavy atom. The standard InChI is InChI=1S/C18H33BN4O5/c1-16(2,3)27-15(24)22-10-8-13(9-11-22)23-20-12-14(21-23)19(26)28-18(6,7)17(4,5)25/h12-13,25-26H,8-11H2,1-7H3. The van der Waals surface area contributed by atoms with Crippen molar-refractivity contribution >= 4 is 18.8 Å². The van der Waals surface area contributed by atoms with Crippen LogP contribution >= 0.6 is 0 Å². The predicted molar refractivity (Wildman–Crippen MR) is 105 cm³/mol. The lowest BCUT2D eigenvalue weighted by Crippen LogP contribution is -2.53. The van der Waals surface area contributed by atoms with Gasteiger partial charge in [0.15, 0.2) is 0 Å². The maximum absolute atomic E-state index is 12.2. The number of carbonyl (C=O) groups is 1. The molecule has 1 aliphatic heterocycles. The SMILES string of the molecule is CC(C)(C)OC(=O)N1CCC(n2ncc(B(O)OC(C)(C)C(C)(C)O)n2)CC1. The molecule has 0 radical (unpaired) electrons. The lowest BCUT2D eigenvalue weighted by Gasteiger charge is -2.38. The highest BCUT2D eigenvalue weighted by Crippen LogP contribution is 2.25. The minimum absolute atomic E-state index is 0.0296. The van der Waals surface area contributed by atoms with E-state index in [1.807, 2.05) is 20.8 Å². The van der Waals surface area contributed by atoms with Gasteiger partial charge < -0.3 is 24.4 Å². The Morgan fingerprint density at radius 2 is 1.75 bits per heavy atom. The maximum Gasteiger partial charge on any atom is 0.514 e. The average Bonchev–Trinajstić information content (AvgIpc) is 3.02. The largest absolute Gasteiger partial charge is 0.514 e. The Hall–Kier alpha value is -1.65. The molecule has 158 valence electrons. The fourth-order valence-corrected chi connectivity index (χ4v) is 2.67. The van der Waals surface area contributed by atoms with Crippen LogP contribution < -0.4 is 5.59 Å². The Morgan fingerprint density at radius 1 is 1.18 bits per heavy atom. The van der Waals surface area contributed by atoms with Gasteiger partial charge in [-0.25, -0.2) is 4.79 Å². The van der Waals surface area contributed by atoms with Crippen molar-refractivity contribution in [1.82, 2.24) is 19.9 Å². The summed E-state index contributed by atoms with van der Waals surface area (Å²) in [5.74, 6) is 0. The van der Waals surface area contributed by atoms with E-state index in [0.717, 1.165) is 0 Å². The summed E-state index contributed by atoms with van der Waals surface area (Å²) >= 11 is 0. The topological polar surface area (TPSA) is 110 Å². The van der Waals surface area contributed by atoms with Gasteiger partial charge in [-0.15, -0.1) is 0 Å². The Kier molecular flexibility index (Phi) is 6.47. The normalized spacial score (nSPS) is 17.0. The third-order valence-electron chi connectivity index (χ3n) is 5.10. The highest BCUT2D eigenvalue weighted by molar-refractivity contribution is 6.58. The van der Waals surface area contributed by atoms with Crippen molar-refractivity contribution in [3.05, 3.63) is 6.20 Å². The molecule has 0 bridgehead atoms. The zero-order valence-electron chi connectivity index (χ0n) is 18.0. The number of amides is 1. The first-order valence-corrected chi connectivity index (χ1v) is 9.67. The van der Waals surface area contributed by atoms with Gasteiger partial charge in [-0.2, -0.15) is 15.0 Å². The summed E-state index contributed by atoms with van der Waals surface area (Å²) in [6.07, 6.45) is 2.54. The molecular weight excluding hydrogens is 363 g/mol. The summed E-state index contributed by atoms with van der Waals surface area (Å²) in [6, 6.07) is 0.0296. The molecule has 0 atom stereocenters. The van der Waals surface area contributed by atoms with E-state index in [1.165, 1.54) is 6.20 Å². The second-order valence-corrected chi connectivity index (χ2v) is 9.33. The van der Waals surface area contributed by atoms with Crippen LogP contribution in [-0.2, 0) is 9.39 Å². The number of rotatable bonds is 5. The van der Waals surface area contributed by atoms with Gasteiger partial charge >= 0.3 is 13.2 Å². The minimum atomic E-state index is -1.29. The summed E-state index contributed by atoms with van der Waals surface area (Å²) < 4.78 is 11.0. The van der Waals surface area contributed by atoms with Crippen molar-refractivity contribution in [3.63, 3.8) is 0 Å². The monoisotopic (exact) mass is 396 g/mol. The van der Waals surface area contributed by atoms with Crippen LogP contribution in [0.15, 0.2) is 6.20 Å². The molecular formula is C18H33BN4O5. The molecule has 1 aromatic rings. The van der Waals surface area contributed by atoms with Gasteiger partial charge in [0.2, 0.25) is 0 Å². The maximum atomic E-state index is 12.2. The molecule has 1 aromatic heterocycles. The molecule has 0 unspecified atom stereocenters. The number of nitrogens with zero attached hydrogens (tertiary/aromatic N) is 4. The van der Waals surface area contributed by atoms with Gasteiger partial charge in [0.1, 0.15) is 11.2 Å². The molecule has 0 aromatic carbocycles. The van der Waals surface area contributed by atoms with Gasteiger partial charge in [-0.3, -0.25) is 0 Å². The number of likely N-dealkylation sites (tertiary alicyclic amines) is 1. The summed E-state index contributed by atoms with van der Waals surface area (Å²) in [5, 5.41) is 29.1. The van der Waals surface area contributed by atoms with Crippen molar-refractivity contribution in [2.24, 2.45) is 0 Å². The van der Waals surface area contributed by atoms with Crippen LogP contribution in [0.1, 0.15) is 67.3 Å². The molecule has 0 saturated carbocycles. The molecule has 9 nitrogen and oxygen atoms in total. The molecule has 0 aliphatic carbocycles. The highest BCUT2D eigenvalue weighted by atomic mass is 16.6. The molecule has 1 fully saturated rings. The van der Waals surface area contributed by atoms with Crippen LogP contribution in [-0.4, -0.2) is 73.1 Å². The molecule has 1 saturated heterocycles. The van der Waals surface area contributed by atoms with E-state index in [1.54, 1.807) is 37.4 Å². The molecule has 1 aliphatic rings. The van der Waals surface area contributed by atoms with Crippen LogP contribution in [0.4, 0.5) is 4.79 Å². The van der Waals surface area contributed by atoms with Gasteiger partial charge in [0, 0.05) is 13.1 Å². The Bertz CT molecular complexity index is 672. The van der Waals surface area contributed by atoms with Crippen LogP contribution in [0.5, 0.6) is 0 Å². The molecule has 0 spiro atoms. The third-order valence-corrected chi connectivity index (χ3v) is 5.10. The molecule has 2 heterocycles. The first kappa shape index (κ1) is 22.6. The van der Waals surface area contributed by atoms with E-state index in [-0.39, 0.29) is 17.7 Å². The summed E-state index contributed by atoms with van der Waals surface area (Å²) in [4.78, 5) is 15.4. The molecule has 1 amide bonds. The number of piperidine rings is 1. The van der Waals surface area contributed by atoms with Gasteiger partial charge in [0.25, 0.3) is 0 Å². The van der Waals surface area contributed by atoms with Gasteiger partial charge in [0.05, 0.1) is 23.4 Å². The van der Waals surface area contributed by atoms with Crippen molar-refractivity contribution in [2.75, 3.05) is 13.1 Å². The minimum Gasteiger partial charge on any atom is -0.444 e. The fraction of sp³-hybridized carbons (Fsp3) is 0.833. The number of aliphatic hydroxyl groups is 1. The molecule has 2 N–H and O–H groups in total. The lowest BCUT2D eigenvalue weighted by molar-refractivity contribution is -0.0983. The van der Waals surface area contributed by atoms with E-state index >= 15 is 0 Å². The average molecular weight is 396 g/mol. The van der Waals surface area contributed by atoms with Crippen LogP contribution in [0.3, 0.4) is 0 Å². The molecule has 2 rings (SSSR count). The number of hydrogen-bond donors (Lipinski definition) is 2. The van der Waals surface area contributed by atoms with E-state index in [2.05, 4.69) is 10.2 Å². The van der Waals surface area contributed by atoms with E-state index in [4.69, 9.17) is 9.39 Å². The summed E-state index contributed by atoms with van der Waals surface area (Å²) in [6.45, 7) is 13.3. The Balaban J connectivity index is 1.94. The lowest BCUT2D eigenvalue weighted by atomic mass is 9.81. The second-order valence-electron chi connectivity index (χ2n) is 9.33. The van der Waals surface area contributed by atoms with Crippen LogP contribution in [0, 0.1) is 0 Å². The second kappa shape index (κ2) is 8.00. The number of aromatic nitrogens is 3. The zero-order valence-corrected chi connectivity index (χ0v) is 18.0.